The van der Waals surface area contributed by atoms with E-state index in [2.05, 4.69) is 92.1 Å². The Labute approximate surface area is 314 Å². The highest BCUT2D eigenvalue weighted by Crippen LogP contribution is 2.11. The van der Waals surface area contributed by atoms with E-state index >= 15 is 0 Å². The van der Waals surface area contributed by atoms with Crippen molar-refractivity contribution in [2.24, 2.45) is 0 Å². The standard InChI is InChI=1S/C44H75NO5S/c1-3-5-7-9-11-13-15-17-19-21-22-24-26-28-30-32-34-36-38-40-44(47)45-42(41-51(48,49)50)43(46)39-37-35-33-31-29-27-25-23-20-18-16-14-12-10-8-6-4-2/h5,7,11,13,17,19-20,22-24,29,31,37,39,42-43,46H,3-4,6,8-10,12,14-16,18,21,25-28,30,32-36,38,40-41H2,1-2H3,(H,45,47)(H,48,49,50)/b7-5-,13-11-,19-17-,23-20+,24-22-,31-29+,39-37+. The number of nitrogens with one attached hydrogen (secondary N) is 1. The number of amides is 1. The van der Waals surface area contributed by atoms with Gasteiger partial charge in [0.1, 0.15) is 0 Å². The monoisotopic (exact) mass is 730 g/mol. The number of hydrogen-bond acceptors (Lipinski definition) is 4. The zero-order valence-corrected chi connectivity index (χ0v) is 33.3. The molecule has 0 aromatic carbocycles. The van der Waals surface area contributed by atoms with Gasteiger partial charge in [-0.2, -0.15) is 8.42 Å². The molecular weight excluding hydrogens is 655 g/mol. The Kier molecular flexibility index (Phi) is 35.5. The lowest BCUT2D eigenvalue weighted by atomic mass is 10.1. The first-order valence-electron chi connectivity index (χ1n) is 20.3. The van der Waals surface area contributed by atoms with Gasteiger partial charge in [0.15, 0.2) is 0 Å². The molecule has 0 aliphatic carbocycles. The first-order chi connectivity index (χ1) is 24.8. The molecule has 0 heterocycles. The quantitative estimate of drug-likeness (QED) is 0.0342. The number of unbranched alkanes of at least 4 members (excludes halogenated alkanes) is 15. The Bertz CT molecular complexity index is 1120. The number of carbonyl (C=O) groups is 1. The molecule has 0 fully saturated rings. The molecule has 2 unspecified atom stereocenters. The molecule has 292 valence electrons. The van der Waals surface area contributed by atoms with E-state index in [1.807, 2.05) is 0 Å². The molecule has 7 heteroatoms. The summed E-state index contributed by atoms with van der Waals surface area (Å²) in [5.74, 6) is -1.04. The van der Waals surface area contributed by atoms with Crippen molar-refractivity contribution in [2.75, 3.05) is 5.75 Å². The molecule has 2 atom stereocenters. The van der Waals surface area contributed by atoms with Crippen LogP contribution in [0.25, 0.3) is 0 Å². The van der Waals surface area contributed by atoms with Gasteiger partial charge in [-0.3, -0.25) is 9.35 Å². The van der Waals surface area contributed by atoms with Gasteiger partial charge in [0, 0.05) is 6.42 Å². The van der Waals surface area contributed by atoms with E-state index in [-0.39, 0.29) is 12.3 Å². The Hall–Kier alpha value is -2.48. The fraction of sp³-hybridized carbons (Fsp3) is 0.659. The van der Waals surface area contributed by atoms with Crippen molar-refractivity contribution in [2.45, 2.75) is 180 Å². The van der Waals surface area contributed by atoms with Crippen LogP contribution in [0, 0.1) is 0 Å². The Balaban J connectivity index is 4.06. The molecule has 0 saturated heterocycles. The van der Waals surface area contributed by atoms with Crippen LogP contribution >= 0.6 is 0 Å². The summed E-state index contributed by atoms with van der Waals surface area (Å²) in [6.07, 6.45) is 54.2. The molecule has 0 aromatic rings. The molecule has 0 rings (SSSR count). The first-order valence-corrected chi connectivity index (χ1v) is 21.9. The third-order valence-corrected chi connectivity index (χ3v) is 9.31. The zero-order valence-electron chi connectivity index (χ0n) is 32.4. The fourth-order valence-corrected chi connectivity index (χ4v) is 6.26. The fourth-order valence-electron chi connectivity index (χ4n) is 5.53. The second-order valence-corrected chi connectivity index (χ2v) is 15.0. The molecule has 0 bridgehead atoms. The van der Waals surface area contributed by atoms with Crippen molar-refractivity contribution in [1.82, 2.24) is 5.32 Å². The Morgan fingerprint density at radius 2 is 0.961 bits per heavy atom. The second-order valence-electron chi connectivity index (χ2n) is 13.5. The van der Waals surface area contributed by atoms with Crippen LogP contribution in [0.5, 0.6) is 0 Å². The molecule has 0 aliphatic heterocycles. The molecule has 0 spiro atoms. The van der Waals surface area contributed by atoms with Crippen LogP contribution in [0.4, 0.5) is 0 Å². The van der Waals surface area contributed by atoms with Crippen molar-refractivity contribution < 1.29 is 22.9 Å². The maximum absolute atomic E-state index is 12.5. The van der Waals surface area contributed by atoms with Gasteiger partial charge in [0.25, 0.3) is 10.1 Å². The molecule has 0 saturated carbocycles. The average Bonchev–Trinajstić information content (AvgIpc) is 3.09. The van der Waals surface area contributed by atoms with Crippen LogP contribution in [-0.2, 0) is 14.9 Å². The molecule has 0 aliphatic rings. The van der Waals surface area contributed by atoms with Crippen molar-refractivity contribution in [3.05, 3.63) is 85.1 Å². The zero-order chi connectivity index (χ0) is 37.5. The van der Waals surface area contributed by atoms with Crippen LogP contribution < -0.4 is 5.32 Å². The molecule has 0 radical (unpaired) electrons. The predicted molar refractivity (Wildman–Crippen MR) is 220 cm³/mol. The highest BCUT2D eigenvalue weighted by atomic mass is 32.2. The summed E-state index contributed by atoms with van der Waals surface area (Å²) in [6, 6.07) is -1.09. The van der Waals surface area contributed by atoms with Gasteiger partial charge in [0.2, 0.25) is 5.91 Å². The van der Waals surface area contributed by atoms with Gasteiger partial charge in [-0.25, -0.2) is 0 Å². The minimum atomic E-state index is -4.37. The van der Waals surface area contributed by atoms with Crippen molar-refractivity contribution in [3.8, 4) is 0 Å². The lowest BCUT2D eigenvalue weighted by molar-refractivity contribution is -0.122. The predicted octanol–water partition coefficient (Wildman–Crippen LogP) is 12.0. The first kappa shape index (κ1) is 48.5. The molecule has 3 N–H and O–H groups in total. The molecule has 1 amide bonds. The van der Waals surface area contributed by atoms with E-state index in [9.17, 15) is 22.9 Å². The maximum atomic E-state index is 12.5. The van der Waals surface area contributed by atoms with E-state index in [1.54, 1.807) is 6.08 Å². The number of aliphatic hydroxyl groups excluding tert-OH is 1. The SMILES string of the molecule is CC/C=C\C/C=C\C/C=C\C/C=C\CCCCCCCCC(=O)NC(CS(=O)(=O)O)C(O)/C=C/CC/C=C/CC/C=C/CCCCCCCCC. The minimum Gasteiger partial charge on any atom is -0.387 e. The van der Waals surface area contributed by atoms with Crippen LogP contribution in [0.15, 0.2) is 85.1 Å². The molecule has 6 nitrogen and oxygen atoms in total. The Morgan fingerprint density at radius 1 is 0.549 bits per heavy atom. The summed E-state index contributed by atoms with van der Waals surface area (Å²) in [4.78, 5) is 12.5. The highest BCUT2D eigenvalue weighted by Gasteiger charge is 2.24. The van der Waals surface area contributed by atoms with Crippen LogP contribution in [0.3, 0.4) is 0 Å². The summed E-state index contributed by atoms with van der Waals surface area (Å²) >= 11 is 0. The van der Waals surface area contributed by atoms with Gasteiger partial charge >= 0.3 is 0 Å². The summed E-state index contributed by atoms with van der Waals surface area (Å²) in [6.45, 7) is 4.40. The minimum absolute atomic E-state index is 0.263. The summed E-state index contributed by atoms with van der Waals surface area (Å²) < 4.78 is 32.5. The number of carbonyl (C=O) groups excluding carboxylic acids is 1. The smallest absolute Gasteiger partial charge is 0.267 e. The maximum Gasteiger partial charge on any atom is 0.267 e. The summed E-state index contributed by atoms with van der Waals surface area (Å²) in [7, 11) is -4.37. The Morgan fingerprint density at radius 3 is 1.47 bits per heavy atom. The number of allylic oxidation sites excluding steroid dienone is 13. The van der Waals surface area contributed by atoms with E-state index in [0.717, 1.165) is 89.9 Å². The third-order valence-electron chi connectivity index (χ3n) is 8.53. The largest absolute Gasteiger partial charge is 0.387 e. The van der Waals surface area contributed by atoms with Gasteiger partial charge in [-0.15, -0.1) is 0 Å². The van der Waals surface area contributed by atoms with Gasteiger partial charge in [-0.1, -0.05) is 163 Å². The normalized spacial score (nSPS) is 14.2. The van der Waals surface area contributed by atoms with Crippen LogP contribution in [-0.4, -0.2) is 41.9 Å². The van der Waals surface area contributed by atoms with E-state index in [0.29, 0.717) is 12.8 Å². The van der Waals surface area contributed by atoms with Crippen LogP contribution in [0.2, 0.25) is 0 Å². The van der Waals surface area contributed by atoms with Crippen molar-refractivity contribution in [1.29, 1.82) is 0 Å². The number of rotatable bonds is 35. The van der Waals surface area contributed by atoms with Crippen molar-refractivity contribution in [3.63, 3.8) is 0 Å². The lowest BCUT2D eigenvalue weighted by Crippen LogP contribution is -2.46. The van der Waals surface area contributed by atoms with Gasteiger partial charge < -0.3 is 10.4 Å². The molecule has 51 heavy (non-hydrogen) atoms. The highest BCUT2D eigenvalue weighted by molar-refractivity contribution is 7.85. The lowest BCUT2D eigenvalue weighted by Gasteiger charge is -2.21. The number of hydrogen-bond donors (Lipinski definition) is 3. The second kappa shape index (κ2) is 37.3. The summed E-state index contributed by atoms with van der Waals surface area (Å²) in [5, 5.41) is 13.2. The number of aliphatic hydroxyl groups is 1. The van der Waals surface area contributed by atoms with E-state index < -0.39 is 28.0 Å². The van der Waals surface area contributed by atoms with E-state index in [4.69, 9.17) is 0 Å². The molecular formula is C44H75NO5S. The summed E-state index contributed by atoms with van der Waals surface area (Å²) in [5.41, 5.74) is 0. The topological polar surface area (TPSA) is 104 Å². The van der Waals surface area contributed by atoms with Crippen molar-refractivity contribution >= 4 is 16.0 Å². The average molecular weight is 730 g/mol. The van der Waals surface area contributed by atoms with Crippen LogP contribution in [0.1, 0.15) is 168 Å². The van der Waals surface area contributed by atoms with E-state index in [1.165, 1.54) is 51.0 Å². The van der Waals surface area contributed by atoms with Gasteiger partial charge in [-0.05, 0) is 83.5 Å². The molecule has 0 aromatic heterocycles. The third kappa shape index (κ3) is 38.6. The van der Waals surface area contributed by atoms with Gasteiger partial charge in [0.05, 0.1) is 17.9 Å².